The van der Waals surface area contributed by atoms with Gasteiger partial charge in [-0.1, -0.05) is 30.3 Å². The van der Waals surface area contributed by atoms with Crippen LogP contribution in [-0.4, -0.2) is 6.54 Å². The van der Waals surface area contributed by atoms with Gasteiger partial charge in [0.15, 0.2) is 0 Å². The average Bonchev–Trinajstić information content (AvgIpc) is 3.00. The number of nitrogens with one attached hydrogen (secondary N) is 1. The number of rotatable bonds is 6. The minimum Gasteiger partial charge on any atom is -1.00 e. The first-order valence-electron chi connectivity index (χ1n) is 7.54. The van der Waals surface area contributed by atoms with Crippen LogP contribution in [0.15, 0.2) is 76.4 Å². The summed E-state index contributed by atoms with van der Waals surface area (Å²) in [5.41, 5.74) is 3.29. The lowest BCUT2D eigenvalue weighted by Gasteiger charge is -2.06. The zero-order valence-electron chi connectivity index (χ0n) is 13.4. The molecule has 0 radical (unpaired) electrons. The fraction of sp³-hybridized carbons (Fsp3) is 0.167. The van der Waals surface area contributed by atoms with E-state index in [0.717, 1.165) is 29.5 Å². The van der Waals surface area contributed by atoms with Crippen molar-refractivity contribution in [2.75, 3.05) is 11.9 Å². The number of azo groups is 1. The van der Waals surface area contributed by atoms with Gasteiger partial charge in [-0.05, 0) is 52.7 Å². The zero-order chi connectivity index (χ0) is 15.9. The van der Waals surface area contributed by atoms with Crippen LogP contribution in [0.2, 0.25) is 0 Å². The van der Waals surface area contributed by atoms with E-state index in [2.05, 4.69) is 39.8 Å². The molecule has 4 nitrogen and oxygen atoms in total. The molecule has 0 aliphatic heterocycles. The molecule has 0 unspecified atom stereocenters. The molecule has 3 aromatic rings. The monoisotopic (exact) mass is 358 g/mol. The molecule has 2 aromatic carbocycles. The third-order valence-corrected chi connectivity index (χ3v) is 4.30. The van der Waals surface area contributed by atoms with Crippen LogP contribution in [0.3, 0.4) is 0 Å². The lowest BCUT2D eigenvalue weighted by Crippen LogP contribution is -3.00. The molecule has 0 saturated heterocycles. The summed E-state index contributed by atoms with van der Waals surface area (Å²) in [6, 6.07) is 18.5. The quantitative estimate of drug-likeness (QED) is 0.528. The van der Waals surface area contributed by atoms with Crippen LogP contribution in [0.4, 0.5) is 16.5 Å². The third-order valence-electron chi connectivity index (χ3n) is 3.46. The molecule has 1 aromatic heterocycles. The SMILES string of the molecule is C[n+]1ccsc1N=Nc1ccc(NCCc2ccccc2)cc1.[Cl-]. The molecule has 0 saturated carbocycles. The number of hydrogen-bond donors (Lipinski definition) is 1. The molecule has 0 aliphatic carbocycles. The van der Waals surface area contributed by atoms with E-state index < -0.39 is 0 Å². The maximum atomic E-state index is 4.27. The van der Waals surface area contributed by atoms with Gasteiger partial charge in [0, 0.05) is 17.6 Å². The summed E-state index contributed by atoms with van der Waals surface area (Å²) in [5.74, 6) is 0. The summed E-state index contributed by atoms with van der Waals surface area (Å²) in [5, 5.41) is 14.8. The van der Waals surface area contributed by atoms with Crippen LogP contribution < -0.4 is 22.3 Å². The highest BCUT2D eigenvalue weighted by Crippen LogP contribution is 2.20. The Bertz CT molecular complexity index is 769. The smallest absolute Gasteiger partial charge is 0.408 e. The second kappa shape index (κ2) is 9.15. The number of nitrogens with zero attached hydrogens (tertiary/aromatic N) is 3. The van der Waals surface area contributed by atoms with Crippen LogP contribution in [0.25, 0.3) is 0 Å². The molecular weight excluding hydrogens is 340 g/mol. The van der Waals surface area contributed by atoms with Gasteiger partial charge < -0.3 is 17.7 Å². The van der Waals surface area contributed by atoms with Crippen LogP contribution in [-0.2, 0) is 13.5 Å². The zero-order valence-corrected chi connectivity index (χ0v) is 15.0. The van der Waals surface area contributed by atoms with Gasteiger partial charge in [0.05, 0.1) is 12.2 Å². The first-order chi connectivity index (χ1) is 11.3. The van der Waals surface area contributed by atoms with Crippen molar-refractivity contribution in [2.24, 2.45) is 17.3 Å². The number of anilines is 1. The Balaban J connectivity index is 0.00000208. The highest BCUT2D eigenvalue weighted by Gasteiger charge is 2.06. The van der Waals surface area contributed by atoms with E-state index in [0.29, 0.717) is 0 Å². The van der Waals surface area contributed by atoms with Crippen LogP contribution in [0.5, 0.6) is 0 Å². The standard InChI is InChI=1S/C18H18N4S.ClH/c1-22-13-14-23-18(22)21-20-17-9-7-16(8-10-17)19-12-11-15-5-3-2-4-6-15;/h2-10,13-14H,11-12H2,1H3;1H. The Labute approximate surface area is 152 Å². The first-order valence-corrected chi connectivity index (χ1v) is 8.42. The van der Waals surface area contributed by atoms with E-state index in [1.807, 2.05) is 53.5 Å². The lowest BCUT2D eigenvalue weighted by molar-refractivity contribution is -0.654. The van der Waals surface area contributed by atoms with Gasteiger partial charge in [-0.25, -0.2) is 4.57 Å². The highest BCUT2D eigenvalue weighted by atomic mass is 35.5. The normalized spacial score (nSPS) is 10.5. The molecule has 0 spiro atoms. The van der Waals surface area contributed by atoms with E-state index in [1.165, 1.54) is 5.56 Å². The van der Waals surface area contributed by atoms with E-state index >= 15 is 0 Å². The third kappa shape index (κ3) is 5.15. The van der Waals surface area contributed by atoms with Gasteiger partial charge in [-0.15, -0.1) is 0 Å². The molecule has 0 bridgehead atoms. The number of aromatic nitrogens is 1. The average molecular weight is 359 g/mol. The number of aryl methyl sites for hydroxylation is 1. The summed E-state index contributed by atoms with van der Waals surface area (Å²) >= 11 is 1.57. The Kier molecular flexibility index (Phi) is 6.90. The van der Waals surface area contributed by atoms with Gasteiger partial charge >= 0.3 is 5.13 Å². The summed E-state index contributed by atoms with van der Waals surface area (Å²) in [7, 11) is 1.96. The fourth-order valence-corrected chi connectivity index (χ4v) is 2.85. The molecule has 0 amide bonds. The van der Waals surface area contributed by atoms with Crippen molar-refractivity contribution in [3.63, 3.8) is 0 Å². The Morgan fingerprint density at radius 2 is 1.75 bits per heavy atom. The Morgan fingerprint density at radius 1 is 1.00 bits per heavy atom. The number of benzene rings is 2. The van der Waals surface area contributed by atoms with Crippen molar-refractivity contribution in [1.82, 2.24) is 0 Å². The predicted octanol–water partition coefficient (Wildman–Crippen LogP) is 1.65. The molecule has 0 aliphatic rings. The van der Waals surface area contributed by atoms with Crippen LogP contribution in [0, 0.1) is 0 Å². The number of hydrogen-bond acceptors (Lipinski definition) is 4. The Morgan fingerprint density at radius 3 is 2.42 bits per heavy atom. The van der Waals surface area contributed by atoms with E-state index in [1.54, 1.807) is 11.3 Å². The fourth-order valence-electron chi connectivity index (χ4n) is 2.17. The summed E-state index contributed by atoms with van der Waals surface area (Å²) in [6.07, 6.45) is 2.98. The van der Waals surface area contributed by atoms with Gasteiger partial charge in [0.25, 0.3) is 0 Å². The number of halogens is 1. The van der Waals surface area contributed by atoms with Crippen molar-refractivity contribution in [2.45, 2.75) is 6.42 Å². The second-order valence-electron chi connectivity index (χ2n) is 5.21. The molecule has 0 fully saturated rings. The lowest BCUT2D eigenvalue weighted by atomic mass is 10.1. The van der Waals surface area contributed by atoms with Gasteiger partial charge in [0.1, 0.15) is 11.9 Å². The molecule has 3 rings (SSSR count). The van der Waals surface area contributed by atoms with Crippen LogP contribution in [0.1, 0.15) is 5.56 Å². The maximum Gasteiger partial charge on any atom is 0.408 e. The van der Waals surface area contributed by atoms with Crippen molar-refractivity contribution in [3.8, 4) is 0 Å². The van der Waals surface area contributed by atoms with Crippen LogP contribution >= 0.6 is 11.3 Å². The first kappa shape index (κ1) is 18.1. The molecule has 124 valence electrons. The molecule has 1 heterocycles. The van der Waals surface area contributed by atoms with E-state index in [9.17, 15) is 0 Å². The van der Waals surface area contributed by atoms with Gasteiger partial charge in [-0.2, -0.15) is 0 Å². The number of thiazole rings is 1. The molecule has 24 heavy (non-hydrogen) atoms. The van der Waals surface area contributed by atoms with E-state index in [-0.39, 0.29) is 12.4 Å². The van der Waals surface area contributed by atoms with Gasteiger partial charge in [0.2, 0.25) is 0 Å². The summed E-state index contributed by atoms with van der Waals surface area (Å²) in [6.45, 7) is 0.913. The summed E-state index contributed by atoms with van der Waals surface area (Å²) < 4.78 is 1.95. The predicted molar refractivity (Wildman–Crippen MR) is 94.7 cm³/mol. The second-order valence-corrected chi connectivity index (χ2v) is 6.08. The summed E-state index contributed by atoms with van der Waals surface area (Å²) in [4.78, 5) is 0. The van der Waals surface area contributed by atoms with Crippen molar-refractivity contribution >= 4 is 27.8 Å². The maximum absolute atomic E-state index is 4.27. The highest BCUT2D eigenvalue weighted by molar-refractivity contribution is 7.12. The van der Waals surface area contributed by atoms with Gasteiger partial charge in [-0.3, -0.25) is 0 Å². The van der Waals surface area contributed by atoms with Crippen molar-refractivity contribution in [3.05, 3.63) is 71.7 Å². The minimum absolute atomic E-state index is 0. The van der Waals surface area contributed by atoms with E-state index in [4.69, 9.17) is 0 Å². The molecule has 0 atom stereocenters. The Hall–Kier alpha value is -2.24. The topological polar surface area (TPSA) is 40.6 Å². The van der Waals surface area contributed by atoms with Crippen molar-refractivity contribution in [1.29, 1.82) is 0 Å². The minimum atomic E-state index is 0. The largest absolute Gasteiger partial charge is 1.00 e. The molecule has 1 N–H and O–H groups in total. The molecule has 6 heteroatoms. The van der Waals surface area contributed by atoms with Crippen molar-refractivity contribution < 1.29 is 17.0 Å². The molecular formula is C18H19ClN4S.